The molecule has 1 aromatic rings. The third kappa shape index (κ3) is 1.96. The van der Waals surface area contributed by atoms with Crippen LogP contribution in [0, 0.1) is 6.92 Å². The second kappa shape index (κ2) is 4.80. The number of carbonyl (C=O) groups excluding carboxylic acids is 1. The van der Waals surface area contributed by atoms with E-state index in [9.17, 15) is 4.79 Å². The van der Waals surface area contributed by atoms with Crippen molar-refractivity contribution in [3.8, 4) is 0 Å². The first-order chi connectivity index (χ1) is 9.13. The molecule has 1 fully saturated rings. The minimum absolute atomic E-state index is 0.0603. The second-order valence-corrected chi connectivity index (χ2v) is 6.00. The van der Waals surface area contributed by atoms with Crippen LogP contribution in [0.4, 0.5) is 11.4 Å². The Morgan fingerprint density at radius 2 is 2.26 bits per heavy atom. The van der Waals surface area contributed by atoms with Crippen LogP contribution in [0.25, 0.3) is 0 Å². The highest BCUT2D eigenvalue weighted by Gasteiger charge is 2.39. The number of fused-ring (bicyclic) bond motifs is 3. The maximum absolute atomic E-state index is 12.6. The molecule has 0 radical (unpaired) electrons. The summed E-state index contributed by atoms with van der Waals surface area (Å²) in [5.41, 5.74) is 3.41. The number of carbonyl (C=O) groups is 1. The highest BCUT2D eigenvalue weighted by atomic mass is 79.9. The summed E-state index contributed by atoms with van der Waals surface area (Å²) < 4.78 is 1.08. The number of nitrogens with zero attached hydrogens (tertiary/aromatic N) is 2. The Morgan fingerprint density at radius 1 is 1.47 bits per heavy atom. The topological polar surface area (TPSA) is 35.6 Å². The van der Waals surface area contributed by atoms with Gasteiger partial charge in [0.25, 0.3) is 5.91 Å². The lowest BCUT2D eigenvalue weighted by atomic mass is 10.0. The molecular formula is C14H18BrN3O. The van der Waals surface area contributed by atoms with E-state index in [1.807, 2.05) is 11.8 Å². The first-order valence-electron chi connectivity index (χ1n) is 6.72. The summed E-state index contributed by atoms with van der Waals surface area (Å²) >= 11 is 3.57. The summed E-state index contributed by atoms with van der Waals surface area (Å²) in [5.74, 6) is 0.215. The van der Waals surface area contributed by atoms with Gasteiger partial charge < -0.3 is 15.1 Å². The zero-order chi connectivity index (χ0) is 13.6. The minimum atomic E-state index is -0.0603. The molecule has 2 aliphatic rings. The summed E-state index contributed by atoms with van der Waals surface area (Å²) in [6.07, 6.45) is 0. The fraction of sp³-hybridized carbons (Fsp3) is 0.500. The second-order valence-electron chi connectivity index (χ2n) is 5.09. The maximum Gasteiger partial charge on any atom is 0.251 e. The average Bonchev–Trinajstić information content (AvgIpc) is 2.40. The predicted octanol–water partition coefficient (Wildman–Crippen LogP) is 1.90. The largest absolute Gasteiger partial charge is 0.355 e. The fourth-order valence-corrected chi connectivity index (χ4v) is 3.67. The molecule has 1 aromatic carbocycles. The van der Waals surface area contributed by atoms with Gasteiger partial charge >= 0.3 is 0 Å². The quantitative estimate of drug-likeness (QED) is 0.857. The Hall–Kier alpha value is -1.07. The number of halogens is 1. The number of nitrogens with one attached hydrogen (secondary N) is 1. The van der Waals surface area contributed by atoms with Crippen LogP contribution in [0.2, 0.25) is 0 Å². The number of hydrogen-bond donors (Lipinski definition) is 1. The molecule has 0 spiro atoms. The van der Waals surface area contributed by atoms with Gasteiger partial charge in [-0.3, -0.25) is 4.79 Å². The molecule has 3 rings (SSSR count). The number of benzene rings is 1. The van der Waals surface area contributed by atoms with Crippen LogP contribution in [-0.4, -0.2) is 38.1 Å². The van der Waals surface area contributed by atoms with Gasteiger partial charge in [0.2, 0.25) is 0 Å². The van der Waals surface area contributed by atoms with E-state index < -0.39 is 0 Å². The van der Waals surface area contributed by atoms with Gasteiger partial charge in [-0.15, -0.1) is 0 Å². The standard InChI is InChI=1S/C14H18BrN3O/c1-3-17-13-9(2)6-10(15)7-11(13)18-5-4-16-8-12(18)14(17)19/h6-7,12,16H,3-5,8H2,1-2H3. The van der Waals surface area contributed by atoms with Crippen molar-refractivity contribution < 1.29 is 4.79 Å². The van der Waals surface area contributed by atoms with E-state index in [1.54, 1.807) is 0 Å². The van der Waals surface area contributed by atoms with Gasteiger partial charge in [-0.05, 0) is 31.5 Å². The minimum Gasteiger partial charge on any atom is -0.355 e. The number of rotatable bonds is 1. The van der Waals surface area contributed by atoms with Crippen molar-refractivity contribution in [1.29, 1.82) is 0 Å². The monoisotopic (exact) mass is 323 g/mol. The lowest BCUT2D eigenvalue weighted by Gasteiger charge is -2.46. The van der Waals surface area contributed by atoms with Crippen molar-refractivity contribution >= 4 is 33.2 Å². The van der Waals surface area contributed by atoms with Crippen molar-refractivity contribution in [1.82, 2.24) is 5.32 Å². The smallest absolute Gasteiger partial charge is 0.251 e. The highest BCUT2D eigenvalue weighted by molar-refractivity contribution is 9.10. The van der Waals surface area contributed by atoms with E-state index in [2.05, 4.69) is 45.2 Å². The van der Waals surface area contributed by atoms with Gasteiger partial charge in [0.05, 0.1) is 11.4 Å². The van der Waals surface area contributed by atoms with Gasteiger partial charge in [-0.2, -0.15) is 0 Å². The molecule has 0 aromatic heterocycles. The van der Waals surface area contributed by atoms with Crippen LogP contribution in [0.15, 0.2) is 16.6 Å². The highest BCUT2D eigenvalue weighted by Crippen LogP contribution is 2.41. The Bertz CT molecular complexity index is 532. The molecule has 0 saturated carbocycles. The average molecular weight is 324 g/mol. The molecule has 4 nitrogen and oxygen atoms in total. The van der Waals surface area contributed by atoms with Crippen LogP contribution in [0.1, 0.15) is 12.5 Å². The van der Waals surface area contributed by atoms with Crippen molar-refractivity contribution in [3.63, 3.8) is 0 Å². The van der Waals surface area contributed by atoms with Crippen molar-refractivity contribution in [3.05, 3.63) is 22.2 Å². The molecule has 0 aliphatic carbocycles. The lowest BCUT2D eigenvalue weighted by Crippen LogP contribution is -2.62. The molecular weight excluding hydrogens is 306 g/mol. The number of aryl methyl sites for hydroxylation is 1. The molecule has 1 saturated heterocycles. The molecule has 2 aliphatic heterocycles. The number of hydrogen-bond acceptors (Lipinski definition) is 3. The van der Waals surface area contributed by atoms with E-state index in [0.717, 1.165) is 41.9 Å². The Morgan fingerprint density at radius 3 is 3.00 bits per heavy atom. The third-order valence-corrected chi connectivity index (χ3v) is 4.39. The molecule has 0 bridgehead atoms. The number of amides is 1. The van der Waals surface area contributed by atoms with Gasteiger partial charge in [0.1, 0.15) is 6.04 Å². The van der Waals surface area contributed by atoms with Crippen molar-refractivity contribution in [2.45, 2.75) is 19.9 Å². The Labute approximate surface area is 121 Å². The molecule has 19 heavy (non-hydrogen) atoms. The van der Waals surface area contributed by atoms with E-state index in [-0.39, 0.29) is 11.9 Å². The number of piperazine rings is 1. The zero-order valence-electron chi connectivity index (χ0n) is 11.2. The zero-order valence-corrected chi connectivity index (χ0v) is 12.8. The Kier molecular flexibility index (Phi) is 3.27. The Balaban J connectivity index is 2.19. The van der Waals surface area contributed by atoms with Crippen molar-refractivity contribution in [2.24, 2.45) is 0 Å². The lowest BCUT2D eigenvalue weighted by molar-refractivity contribution is -0.120. The summed E-state index contributed by atoms with van der Waals surface area (Å²) in [6, 6.07) is 4.16. The van der Waals surface area contributed by atoms with E-state index in [0.29, 0.717) is 0 Å². The van der Waals surface area contributed by atoms with Crippen LogP contribution in [0.5, 0.6) is 0 Å². The van der Waals surface area contributed by atoms with E-state index >= 15 is 0 Å². The normalized spacial score (nSPS) is 22.3. The molecule has 1 amide bonds. The summed E-state index contributed by atoms with van der Waals surface area (Å²) in [7, 11) is 0. The van der Waals surface area contributed by atoms with E-state index in [1.165, 1.54) is 5.69 Å². The molecule has 1 unspecified atom stereocenters. The van der Waals surface area contributed by atoms with Crippen molar-refractivity contribution in [2.75, 3.05) is 36.0 Å². The number of likely N-dealkylation sites (N-methyl/N-ethyl adjacent to an activating group) is 1. The molecule has 102 valence electrons. The fourth-order valence-electron chi connectivity index (χ4n) is 3.11. The first kappa shape index (κ1) is 12.9. The summed E-state index contributed by atoms with van der Waals surface area (Å²) in [5, 5.41) is 3.32. The summed E-state index contributed by atoms with van der Waals surface area (Å²) in [4.78, 5) is 16.8. The van der Waals surface area contributed by atoms with Crippen LogP contribution in [-0.2, 0) is 4.79 Å². The van der Waals surface area contributed by atoms with Crippen LogP contribution >= 0.6 is 15.9 Å². The first-order valence-corrected chi connectivity index (χ1v) is 7.51. The van der Waals surface area contributed by atoms with Gasteiger partial charge in [0, 0.05) is 30.7 Å². The van der Waals surface area contributed by atoms with Gasteiger partial charge in [0.15, 0.2) is 0 Å². The third-order valence-electron chi connectivity index (χ3n) is 3.94. The molecule has 1 N–H and O–H groups in total. The molecule has 2 heterocycles. The predicted molar refractivity (Wildman–Crippen MR) is 80.9 cm³/mol. The van der Waals surface area contributed by atoms with Crippen LogP contribution < -0.4 is 15.1 Å². The summed E-state index contributed by atoms with van der Waals surface area (Å²) in [6.45, 7) is 7.38. The number of anilines is 2. The van der Waals surface area contributed by atoms with Crippen LogP contribution in [0.3, 0.4) is 0 Å². The molecule has 1 atom stereocenters. The van der Waals surface area contributed by atoms with Gasteiger partial charge in [-0.25, -0.2) is 0 Å². The van der Waals surface area contributed by atoms with E-state index in [4.69, 9.17) is 0 Å². The SMILES string of the molecule is CCN1C(=O)C2CNCCN2c2cc(Br)cc(C)c21. The van der Waals surface area contributed by atoms with Gasteiger partial charge in [-0.1, -0.05) is 15.9 Å². The molecule has 5 heteroatoms. The maximum atomic E-state index is 12.6.